The second-order valence-corrected chi connectivity index (χ2v) is 17.4. The number of aromatic nitrogens is 2. The lowest BCUT2D eigenvalue weighted by atomic mass is 9.92. The third-order valence-electron chi connectivity index (χ3n) is 13.3. The van der Waals surface area contributed by atoms with Crippen LogP contribution in [-0.4, -0.2) is 141 Å². The van der Waals surface area contributed by atoms with Crippen LogP contribution in [0.4, 0.5) is 30.8 Å². The molecule has 0 saturated carbocycles. The zero-order valence-electron chi connectivity index (χ0n) is 33.6. The molecule has 4 fully saturated rings. The third-order valence-corrected chi connectivity index (χ3v) is 13.3. The minimum absolute atomic E-state index is 0.0169. The Labute approximate surface area is 341 Å². The number of halogens is 2. The number of urea groups is 1. The zero-order valence-corrected chi connectivity index (χ0v) is 33.6. The largest absolute Gasteiger partial charge is 0.504 e. The molecule has 4 saturated heterocycles. The van der Waals surface area contributed by atoms with E-state index in [-0.39, 0.29) is 47.6 Å². The first-order valence-corrected chi connectivity index (χ1v) is 20.7. The van der Waals surface area contributed by atoms with Crippen LogP contribution >= 0.6 is 0 Å². The lowest BCUT2D eigenvalue weighted by Gasteiger charge is -2.54. The van der Waals surface area contributed by atoms with Gasteiger partial charge in [0.05, 0.1) is 16.9 Å². The summed E-state index contributed by atoms with van der Waals surface area (Å²) in [6.07, 6.45) is 2.61. The van der Waals surface area contributed by atoms with Crippen LogP contribution in [0, 0.1) is 17.6 Å². The van der Waals surface area contributed by atoms with Crippen molar-refractivity contribution in [3.63, 3.8) is 0 Å². The Morgan fingerprint density at radius 1 is 0.949 bits per heavy atom. The molecule has 7 heterocycles. The van der Waals surface area contributed by atoms with Gasteiger partial charge in [0.15, 0.2) is 17.4 Å². The van der Waals surface area contributed by atoms with E-state index in [1.165, 1.54) is 0 Å². The van der Waals surface area contributed by atoms with Crippen molar-refractivity contribution in [1.29, 1.82) is 0 Å². The van der Waals surface area contributed by atoms with Gasteiger partial charge in [0.25, 0.3) is 5.91 Å². The Kier molecular flexibility index (Phi) is 9.83. The number of imide groups is 1. The average molecular weight is 813 g/mol. The van der Waals surface area contributed by atoms with Crippen molar-refractivity contribution >= 4 is 40.9 Å². The number of phenolic OH excluding ortho intramolecular Hbond substituents is 1. The number of fused-ring (bicyclic) bond motifs is 4. The number of piperazine rings is 2. The van der Waals surface area contributed by atoms with Gasteiger partial charge in [0.1, 0.15) is 11.9 Å². The number of benzene rings is 2. The number of rotatable bonds is 5. The summed E-state index contributed by atoms with van der Waals surface area (Å²) in [5, 5.41) is 24.5. The van der Waals surface area contributed by atoms with E-state index in [1.54, 1.807) is 11.0 Å². The van der Waals surface area contributed by atoms with E-state index in [2.05, 4.69) is 62.4 Å². The smallest absolute Gasteiger partial charge is 0.320 e. The van der Waals surface area contributed by atoms with E-state index in [9.17, 15) is 33.1 Å². The zero-order chi connectivity index (χ0) is 41.3. The highest BCUT2D eigenvalue weighted by atomic mass is 19.1. The number of carbonyl (C=O) groups excluding carboxylic acids is 4. The minimum Gasteiger partial charge on any atom is -0.504 e. The van der Waals surface area contributed by atoms with Crippen LogP contribution in [0.3, 0.4) is 0 Å². The number of anilines is 3. The standard InChI is InChI=1S/C42H50F2N10O5/c1-24-18-49(20-26-8-10-50(11-9-26)29-5-4-27-21-52(40(58)30(27)16-29)34-6-7-36(55)46-39(34)57)19-25(2)54(24)41(59)51-12-13-53-35-17-33(31-14-28(43)15-32(44)37(31)56)47-48-38(35)45-22-42(53,3)23-51/h4-5,14-17,24-26,34,56H,6-13,18-23H2,1-3H3,(H,45,48)(H,46,55,57)/t24-,25-,34+,42+/m1/s1. The van der Waals surface area contributed by atoms with Gasteiger partial charge in [-0.25, -0.2) is 13.6 Å². The second-order valence-electron chi connectivity index (χ2n) is 17.4. The molecule has 1 aromatic heterocycles. The van der Waals surface area contributed by atoms with Crippen molar-refractivity contribution in [1.82, 2.24) is 35.1 Å². The summed E-state index contributed by atoms with van der Waals surface area (Å²) >= 11 is 0. The summed E-state index contributed by atoms with van der Waals surface area (Å²) in [6.45, 7) is 13.0. The molecule has 17 heteroatoms. The molecule has 4 atom stereocenters. The predicted molar refractivity (Wildman–Crippen MR) is 215 cm³/mol. The predicted octanol–water partition coefficient (Wildman–Crippen LogP) is 3.63. The molecule has 15 nitrogen and oxygen atoms in total. The first-order valence-electron chi connectivity index (χ1n) is 20.7. The van der Waals surface area contributed by atoms with Crippen LogP contribution in [0.5, 0.6) is 5.75 Å². The number of aromatic hydroxyl groups is 1. The number of carbonyl (C=O) groups is 4. The fourth-order valence-electron chi connectivity index (χ4n) is 10.3. The van der Waals surface area contributed by atoms with Crippen LogP contribution in [0.15, 0.2) is 36.4 Å². The fourth-order valence-corrected chi connectivity index (χ4v) is 10.3. The van der Waals surface area contributed by atoms with Crippen molar-refractivity contribution in [3.8, 4) is 17.0 Å². The number of amides is 5. The Balaban J connectivity index is 0.785. The number of piperidine rings is 2. The van der Waals surface area contributed by atoms with Gasteiger partial charge in [-0.3, -0.25) is 24.6 Å². The van der Waals surface area contributed by atoms with Gasteiger partial charge >= 0.3 is 6.03 Å². The number of nitrogens with one attached hydrogen (secondary N) is 2. The lowest BCUT2D eigenvalue weighted by Crippen LogP contribution is -2.69. The molecule has 3 N–H and O–H groups in total. The van der Waals surface area contributed by atoms with Crippen LogP contribution < -0.4 is 20.4 Å². The van der Waals surface area contributed by atoms with E-state index < -0.39 is 34.9 Å². The van der Waals surface area contributed by atoms with E-state index in [4.69, 9.17) is 0 Å². The van der Waals surface area contributed by atoms with Crippen LogP contribution in [0.1, 0.15) is 62.4 Å². The van der Waals surface area contributed by atoms with Crippen molar-refractivity contribution in [2.75, 3.05) is 74.0 Å². The Morgan fingerprint density at radius 3 is 2.46 bits per heavy atom. The molecule has 312 valence electrons. The number of nitrogens with zero attached hydrogens (tertiary/aromatic N) is 8. The summed E-state index contributed by atoms with van der Waals surface area (Å²) in [5.41, 5.74) is 2.82. The molecule has 59 heavy (non-hydrogen) atoms. The Morgan fingerprint density at radius 2 is 1.71 bits per heavy atom. The quantitative estimate of drug-likeness (QED) is 0.324. The average Bonchev–Trinajstić information content (AvgIpc) is 3.53. The molecule has 6 aliphatic heterocycles. The molecule has 0 aliphatic carbocycles. The van der Waals surface area contributed by atoms with Gasteiger partial charge in [-0.1, -0.05) is 6.07 Å². The molecular weight excluding hydrogens is 763 g/mol. The maximum atomic E-state index is 14.3. The molecular formula is C42H50F2N10O5. The molecule has 0 spiro atoms. The summed E-state index contributed by atoms with van der Waals surface area (Å²) in [4.78, 5) is 64.4. The van der Waals surface area contributed by atoms with E-state index >= 15 is 0 Å². The van der Waals surface area contributed by atoms with Gasteiger partial charge in [-0.2, -0.15) is 0 Å². The SMILES string of the molecule is C[C@@H]1CN(CC2CCN(c3ccc4c(c3)C(=O)N([C@H]3CCC(=O)NC3=O)C4)CC2)C[C@@H](C)N1C(=O)N1CCN2c3cc(-c4cc(F)cc(F)c4O)nnc3NC[C@@]2(C)C1. The van der Waals surface area contributed by atoms with Gasteiger partial charge in [0, 0.05) is 107 Å². The molecule has 5 amide bonds. The highest BCUT2D eigenvalue weighted by Gasteiger charge is 2.46. The number of hydrogen-bond acceptors (Lipinski definition) is 11. The molecule has 3 aromatic rings. The maximum Gasteiger partial charge on any atom is 0.320 e. The second kappa shape index (κ2) is 14.9. The van der Waals surface area contributed by atoms with Gasteiger partial charge < -0.3 is 34.9 Å². The molecule has 0 radical (unpaired) electrons. The normalized spacial score (nSPS) is 26.4. The van der Waals surface area contributed by atoms with Crippen molar-refractivity contribution in [2.45, 2.75) is 76.7 Å². The highest BCUT2D eigenvalue weighted by molar-refractivity contribution is 6.05. The number of phenols is 1. The molecule has 6 aliphatic rings. The first kappa shape index (κ1) is 38.9. The van der Waals surface area contributed by atoms with Crippen LogP contribution in [0.2, 0.25) is 0 Å². The fraction of sp³-hybridized carbons (Fsp3) is 0.524. The van der Waals surface area contributed by atoms with Crippen molar-refractivity contribution in [2.24, 2.45) is 5.92 Å². The topological polar surface area (TPSA) is 158 Å². The summed E-state index contributed by atoms with van der Waals surface area (Å²) < 4.78 is 28.3. The Hall–Kier alpha value is -5.58. The van der Waals surface area contributed by atoms with Gasteiger partial charge in [0.2, 0.25) is 11.8 Å². The lowest BCUT2D eigenvalue weighted by molar-refractivity contribution is -0.136. The van der Waals surface area contributed by atoms with Crippen molar-refractivity contribution < 1.29 is 33.1 Å². The highest BCUT2D eigenvalue weighted by Crippen LogP contribution is 2.41. The third kappa shape index (κ3) is 7.06. The van der Waals surface area contributed by atoms with Gasteiger partial charge in [-0.05, 0) is 75.8 Å². The minimum atomic E-state index is -1.07. The molecule has 0 bridgehead atoms. The Bertz CT molecular complexity index is 2210. The number of hydrogen-bond donors (Lipinski definition) is 3. The summed E-state index contributed by atoms with van der Waals surface area (Å²) in [5.74, 6) is -2.40. The summed E-state index contributed by atoms with van der Waals surface area (Å²) in [6, 6.07) is 8.79. The van der Waals surface area contributed by atoms with E-state index in [0.717, 1.165) is 62.9 Å². The monoisotopic (exact) mass is 812 g/mol. The maximum absolute atomic E-state index is 14.3. The first-order chi connectivity index (χ1) is 28.3. The van der Waals surface area contributed by atoms with Crippen LogP contribution in [0.25, 0.3) is 11.3 Å². The van der Waals surface area contributed by atoms with E-state index in [0.29, 0.717) is 68.2 Å². The van der Waals surface area contributed by atoms with E-state index in [1.807, 2.05) is 21.9 Å². The van der Waals surface area contributed by atoms with Crippen molar-refractivity contribution in [3.05, 3.63) is 59.2 Å². The summed E-state index contributed by atoms with van der Waals surface area (Å²) in [7, 11) is 0. The molecule has 0 unspecified atom stereocenters. The van der Waals surface area contributed by atoms with Crippen LogP contribution in [-0.2, 0) is 16.1 Å². The molecule has 9 rings (SSSR count). The molecule has 2 aromatic carbocycles. The van der Waals surface area contributed by atoms with Gasteiger partial charge in [-0.15, -0.1) is 10.2 Å².